The van der Waals surface area contributed by atoms with Crippen LogP contribution in [0.4, 0.5) is 0 Å². The molecule has 0 aromatic heterocycles. The van der Waals surface area contributed by atoms with Gasteiger partial charge >= 0.3 is 0 Å². The van der Waals surface area contributed by atoms with Crippen LogP contribution in [0.5, 0.6) is 0 Å². The van der Waals surface area contributed by atoms with Crippen molar-refractivity contribution in [3.8, 4) is 0 Å². The van der Waals surface area contributed by atoms with Gasteiger partial charge in [0.2, 0.25) is 0 Å². The molecular formula is C14H27Cl2N3O2. The van der Waals surface area contributed by atoms with Crippen LogP contribution in [0.3, 0.4) is 0 Å². The van der Waals surface area contributed by atoms with Crippen molar-refractivity contribution in [2.24, 2.45) is 5.73 Å². The summed E-state index contributed by atoms with van der Waals surface area (Å²) in [7, 11) is 0. The zero-order valence-corrected chi connectivity index (χ0v) is 14.2. The summed E-state index contributed by atoms with van der Waals surface area (Å²) in [5, 5.41) is 0. The Kier molecular flexibility index (Phi) is 7.20. The molecule has 3 fully saturated rings. The Labute approximate surface area is 139 Å². The molecule has 0 radical (unpaired) electrons. The van der Waals surface area contributed by atoms with Gasteiger partial charge in [-0.2, -0.15) is 0 Å². The number of nitrogens with two attached hydrogens (primary N) is 1. The van der Waals surface area contributed by atoms with Gasteiger partial charge < -0.3 is 15.4 Å². The Morgan fingerprint density at radius 2 is 2.00 bits per heavy atom. The normalized spacial score (nSPS) is 35.8. The highest BCUT2D eigenvalue weighted by atomic mass is 35.5. The molecule has 7 heteroatoms. The first kappa shape index (κ1) is 19.0. The van der Waals surface area contributed by atoms with E-state index in [1.165, 1.54) is 19.4 Å². The highest BCUT2D eigenvalue weighted by molar-refractivity contribution is 5.85. The Balaban J connectivity index is 0.00000110. The van der Waals surface area contributed by atoms with Crippen molar-refractivity contribution in [2.75, 3.05) is 26.2 Å². The van der Waals surface area contributed by atoms with Crippen LogP contribution >= 0.6 is 24.8 Å². The molecule has 0 aromatic carbocycles. The third-order valence-electron chi connectivity index (χ3n) is 4.87. The summed E-state index contributed by atoms with van der Waals surface area (Å²) in [6.45, 7) is 5.78. The summed E-state index contributed by atoms with van der Waals surface area (Å²) in [5.74, 6) is 0.190. The second-order valence-electron chi connectivity index (χ2n) is 6.19. The maximum atomic E-state index is 12.6. The van der Waals surface area contributed by atoms with Gasteiger partial charge in [0.15, 0.2) is 0 Å². The number of carbonyl (C=O) groups is 1. The van der Waals surface area contributed by atoms with Gasteiger partial charge in [-0.05, 0) is 39.2 Å². The molecule has 0 aliphatic carbocycles. The molecule has 4 atom stereocenters. The molecule has 3 aliphatic heterocycles. The van der Waals surface area contributed by atoms with Crippen molar-refractivity contribution in [2.45, 2.75) is 56.9 Å². The molecule has 1 amide bonds. The van der Waals surface area contributed by atoms with Gasteiger partial charge in [-0.15, -0.1) is 24.8 Å². The first-order valence-electron chi connectivity index (χ1n) is 7.59. The van der Waals surface area contributed by atoms with Crippen LogP contribution in [-0.4, -0.2) is 66.2 Å². The van der Waals surface area contributed by atoms with Gasteiger partial charge in [0.05, 0.1) is 6.10 Å². The Hall–Kier alpha value is -0.0700. The van der Waals surface area contributed by atoms with Crippen molar-refractivity contribution < 1.29 is 9.53 Å². The van der Waals surface area contributed by atoms with Crippen molar-refractivity contribution in [3.63, 3.8) is 0 Å². The smallest absolute Gasteiger partial charge is 0.252 e. The summed E-state index contributed by atoms with van der Waals surface area (Å²) < 4.78 is 5.76. The summed E-state index contributed by atoms with van der Waals surface area (Å²) in [4.78, 5) is 17.2. The minimum atomic E-state index is -0.246. The number of rotatable bonds is 2. The van der Waals surface area contributed by atoms with E-state index in [2.05, 4.69) is 16.7 Å². The average Bonchev–Trinajstić information content (AvgIpc) is 3.05. The number of halogens is 2. The monoisotopic (exact) mass is 339 g/mol. The quantitative estimate of drug-likeness (QED) is 0.816. The van der Waals surface area contributed by atoms with Gasteiger partial charge in [0.25, 0.3) is 5.91 Å². The molecule has 0 aromatic rings. The maximum absolute atomic E-state index is 12.6. The maximum Gasteiger partial charge on any atom is 0.252 e. The molecule has 3 saturated heterocycles. The summed E-state index contributed by atoms with van der Waals surface area (Å²) in [6.07, 6.45) is 4.09. The highest BCUT2D eigenvalue weighted by Gasteiger charge is 2.40. The number of carbonyl (C=O) groups excluding carboxylic acids is 1. The third-order valence-corrected chi connectivity index (χ3v) is 4.87. The molecule has 0 bridgehead atoms. The van der Waals surface area contributed by atoms with Gasteiger partial charge in [0.1, 0.15) is 6.10 Å². The van der Waals surface area contributed by atoms with E-state index in [4.69, 9.17) is 10.5 Å². The van der Waals surface area contributed by atoms with E-state index in [-0.39, 0.29) is 42.9 Å². The van der Waals surface area contributed by atoms with E-state index >= 15 is 0 Å². The fraction of sp³-hybridized carbons (Fsp3) is 0.929. The number of hydrogen-bond acceptors (Lipinski definition) is 4. The number of nitrogens with zero attached hydrogens (tertiary/aromatic N) is 2. The van der Waals surface area contributed by atoms with Crippen LogP contribution in [0.15, 0.2) is 0 Å². The molecule has 21 heavy (non-hydrogen) atoms. The largest absolute Gasteiger partial charge is 0.364 e. The van der Waals surface area contributed by atoms with Gasteiger partial charge in [-0.25, -0.2) is 0 Å². The Morgan fingerprint density at radius 1 is 1.24 bits per heavy atom. The molecule has 5 nitrogen and oxygen atoms in total. The van der Waals surface area contributed by atoms with Gasteiger partial charge in [0, 0.05) is 31.7 Å². The lowest BCUT2D eigenvalue weighted by Crippen LogP contribution is -2.58. The summed E-state index contributed by atoms with van der Waals surface area (Å²) >= 11 is 0. The first-order valence-corrected chi connectivity index (χ1v) is 7.59. The van der Waals surface area contributed by atoms with E-state index in [1.807, 2.05) is 0 Å². The molecule has 0 spiro atoms. The lowest BCUT2D eigenvalue weighted by atomic mass is 10.1. The van der Waals surface area contributed by atoms with Crippen molar-refractivity contribution in [1.29, 1.82) is 0 Å². The van der Waals surface area contributed by atoms with Crippen LogP contribution in [0.25, 0.3) is 0 Å². The minimum absolute atomic E-state index is 0. The fourth-order valence-corrected chi connectivity index (χ4v) is 3.74. The van der Waals surface area contributed by atoms with E-state index in [9.17, 15) is 4.79 Å². The van der Waals surface area contributed by atoms with Crippen molar-refractivity contribution in [1.82, 2.24) is 9.80 Å². The Bertz CT molecular complexity index is 359. The lowest BCUT2D eigenvalue weighted by Gasteiger charge is -2.43. The van der Waals surface area contributed by atoms with Crippen LogP contribution in [0.1, 0.15) is 32.6 Å². The first-order chi connectivity index (χ1) is 9.19. The predicted octanol–water partition coefficient (Wildman–Crippen LogP) is 1.03. The molecule has 0 saturated carbocycles. The van der Waals surface area contributed by atoms with Gasteiger partial charge in [-0.3, -0.25) is 9.69 Å². The number of ether oxygens (including phenoxy) is 1. The van der Waals surface area contributed by atoms with Crippen LogP contribution in [-0.2, 0) is 9.53 Å². The molecule has 124 valence electrons. The lowest BCUT2D eigenvalue weighted by molar-refractivity contribution is -0.148. The number of fused-ring (bicyclic) bond motifs is 1. The zero-order valence-electron chi connectivity index (χ0n) is 12.6. The average molecular weight is 340 g/mol. The molecule has 3 rings (SSSR count). The van der Waals surface area contributed by atoms with E-state index < -0.39 is 0 Å². The van der Waals surface area contributed by atoms with E-state index in [0.29, 0.717) is 18.6 Å². The van der Waals surface area contributed by atoms with Crippen LogP contribution < -0.4 is 5.73 Å². The molecule has 2 N–H and O–H groups in total. The molecule has 2 unspecified atom stereocenters. The molecule has 3 aliphatic rings. The number of hydrogen-bond donors (Lipinski definition) is 1. The van der Waals surface area contributed by atoms with E-state index in [1.54, 1.807) is 0 Å². The summed E-state index contributed by atoms with van der Waals surface area (Å²) in [5.41, 5.74) is 5.62. The molecule has 3 heterocycles. The topological polar surface area (TPSA) is 58.8 Å². The SMILES string of the molecule is CC1CN2CCCC2CN1C(=O)[C@@H]1CC[C@H](CN)O1.Cl.Cl. The second-order valence-corrected chi connectivity index (χ2v) is 6.19. The molecular weight excluding hydrogens is 313 g/mol. The highest BCUT2D eigenvalue weighted by Crippen LogP contribution is 2.27. The Morgan fingerprint density at radius 3 is 2.67 bits per heavy atom. The van der Waals surface area contributed by atoms with Crippen molar-refractivity contribution in [3.05, 3.63) is 0 Å². The second kappa shape index (κ2) is 7.97. The van der Waals surface area contributed by atoms with Crippen molar-refractivity contribution >= 4 is 30.7 Å². The van der Waals surface area contributed by atoms with Crippen LogP contribution in [0, 0.1) is 0 Å². The van der Waals surface area contributed by atoms with E-state index in [0.717, 1.165) is 25.9 Å². The zero-order chi connectivity index (χ0) is 13.4. The van der Waals surface area contributed by atoms with Crippen LogP contribution in [0.2, 0.25) is 0 Å². The third kappa shape index (κ3) is 3.82. The predicted molar refractivity (Wildman–Crippen MR) is 87.2 cm³/mol. The fourth-order valence-electron chi connectivity index (χ4n) is 3.74. The summed E-state index contributed by atoms with van der Waals surface area (Å²) in [6, 6.07) is 0.884. The standard InChI is InChI=1S/C14H25N3O2.2ClH/c1-10-8-16-6-2-3-11(16)9-17(10)14(18)13-5-4-12(7-15)19-13;;/h10-13H,2-9,15H2,1H3;2*1H/t10?,11?,12-,13+;;/m1../s1. The minimum Gasteiger partial charge on any atom is -0.364 e. The number of piperazine rings is 1. The van der Waals surface area contributed by atoms with Gasteiger partial charge in [-0.1, -0.05) is 0 Å². The number of amides is 1.